The molecule has 5 nitrogen and oxygen atoms in total. The molecular weight excluding hydrogens is 340 g/mol. The van der Waals surface area contributed by atoms with Gasteiger partial charge in [-0.15, -0.1) is 0 Å². The highest BCUT2D eigenvalue weighted by Gasteiger charge is 2.19. The van der Waals surface area contributed by atoms with E-state index in [9.17, 15) is 9.59 Å². The van der Waals surface area contributed by atoms with E-state index in [1.54, 1.807) is 31.2 Å². The van der Waals surface area contributed by atoms with Gasteiger partial charge in [0.15, 0.2) is 6.10 Å². The SMILES string of the molecule is Cc1cc(C)c(C)c(O[C@H](C)C(=O)Nc2ccccc2C(=O)NC(C)C)c1. The van der Waals surface area contributed by atoms with Crippen LogP contribution in [-0.4, -0.2) is 24.0 Å². The molecule has 2 N–H and O–H groups in total. The zero-order valence-corrected chi connectivity index (χ0v) is 16.8. The van der Waals surface area contributed by atoms with Gasteiger partial charge in [-0.25, -0.2) is 0 Å². The third-order valence-corrected chi connectivity index (χ3v) is 4.29. The molecule has 5 heteroatoms. The second kappa shape index (κ2) is 8.71. The van der Waals surface area contributed by atoms with E-state index in [2.05, 4.69) is 16.7 Å². The number of amides is 2. The molecule has 0 heterocycles. The van der Waals surface area contributed by atoms with Crippen LogP contribution in [0.2, 0.25) is 0 Å². The molecule has 1 atom stereocenters. The zero-order valence-electron chi connectivity index (χ0n) is 16.8. The average Bonchev–Trinajstić information content (AvgIpc) is 2.58. The van der Waals surface area contributed by atoms with Crippen LogP contribution < -0.4 is 15.4 Å². The number of carbonyl (C=O) groups excluding carboxylic acids is 2. The number of carbonyl (C=O) groups is 2. The fraction of sp³-hybridized carbons (Fsp3) is 0.364. The second-order valence-corrected chi connectivity index (χ2v) is 7.13. The van der Waals surface area contributed by atoms with Gasteiger partial charge in [-0.2, -0.15) is 0 Å². The van der Waals surface area contributed by atoms with Crippen molar-refractivity contribution in [2.24, 2.45) is 0 Å². The molecule has 0 unspecified atom stereocenters. The first-order valence-corrected chi connectivity index (χ1v) is 9.14. The highest BCUT2D eigenvalue weighted by Crippen LogP contribution is 2.25. The van der Waals surface area contributed by atoms with Crippen molar-refractivity contribution in [3.05, 3.63) is 58.7 Å². The van der Waals surface area contributed by atoms with Gasteiger partial charge < -0.3 is 15.4 Å². The van der Waals surface area contributed by atoms with Gasteiger partial charge in [0.25, 0.3) is 11.8 Å². The van der Waals surface area contributed by atoms with E-state index in [1.807, 2.05) is 40.7 Å². The minimum Gasteiger partial charge on any atom is -0.481 e. The number of anilines is 1. The van der Waals surface area contributed by atoms with Gasteiger partial charge >= 0.3 is 0 Å². The predicted molar refractivity (Wildman–Crippen MR) is 108 cm³/mol. The molecule has 0 saturated heterocycles. The Hall–Kier alpha value is -2.82. The summed E-state index contributed by atoms with van der Waals surface area (Å²) in [6.45, 7) is 11.5. The van der Waals surface area contributed by atoms with E-state index in [0.29, 0.717) is 17.0 Å². The Morgan fingerprint density at radius 3 is 2.33 bits per heavy atom. The van der Waals surface area contributed by atoms with Crippen LogP contribution in [0.3, 0.4) is 0 Å². The molecule has 2 amide bonds. The molecule has 144 valence electrons. The minimum atomic E-state index is -0.703. The molecule has 2 aromatic carbocycles. The molecule has 27 heavy (non-hydrogen) atoms. The van der Waals surface area contributed by atoms with Crippen LogP contribution in [-0.2, 0) is 4.79 Å². The maximum absolute atomic E-state index is 12.6. The quantitative estimate of drug-likeness (QED) is 0.805. The Balaban J connectivity index is 2.15. The van der Waals surface area contributed by atoms with E-state index < -0.39 is 6.10 Å². The van der Waals surface area contributed by atoms with Gasteiger partial charge in [0, 0.05) is 6.04 Å². The lowest BCUT2D eigenvalue weighted by Crippen LogP contribution is -2.33. The molecule has 0 fully saturated rings. The smallest absolute Gasteiger partial charge is 0.265 e. The van der Waals surface area contributed by atoms with Crippen LogP contribution in [0.1, 0.15) is 47.8 Å². The standard InChI is InChI=1S/C22H28N2O3/c1-13(2)23-22(26)18-9-7-8-10-19(18)24-21(25)17(6)27-20-12-14(3)11-15(4)16(20)5/h7-13,17H,1-6H3,(H,23,26)(H,24,25)/t17-/m1/s1. The predicted octanol–water partition coefficient (Wildman–Crippen LogP) is 4.16. The lowest BCUT2D eigenvalue weighted by molar-refractivity contribution is -0.122. The molecule has 0 aliphatic rings. The summed E-state index contributed by atoms with van der Waals surface area (Å²) >= 11 is 0. The fourth-order valence-corrected chi connectivity index (χ4v) is 2.73. The van der Waals surface area contributed by atoms with Crippen molar-refractivity contribution in [3.63, 3.8) is 0 Å². The van der Waals surface area contributed by atoms with Gasteiger partial charge in [-0.05, 0) is 76.4 Å². The molecule has 0 aliphatic heterocycles. The molecule has 2 rings (SSSR count). The molecular formula is C22H28N2O3. The maximum atomic E-state index is 12.6. The van der Waals surface area contributed by atoms with Gasteiger partial charge in [0.2, 0.25) is 0 Å². The fourth-order valence-electron chi connectivity index (χ4n) is 2.73. The number of nitrogens with one attached hydrogen (secondary N) is 2. The van der Waals surface area contributed by atoms with Crippen LogP contribution in [0.4, 0.5) is 5.69 Å². The Bertz CT molecular complexity index is 843. The topological polar surface area (TPSA) is 67.4 Å². The van der Waals surface area contributed by atoms with E-state index in [0.717, 1.165) is 16.7 Å². The van der Waals surface area contributed by atoms with Crippen molar-refractivity contribution in [2.75, 3.05) is 5.32 Å². The zero-order chi connectivity index (χ0) is 20.1. The number of ether oxygens (including phenoxy) is 1. The van der Waals surface area contributed by atoms with Crippen LogP contribution in [0.15, 0.2) is 36.4 Å². The number of hydrogen-bond donors (Lipinski definition) is 2. The first kappa shape index (κ1) is 20.5. The van der Waals surface area contributed by atoms with Crippen LogP contribution in [0.5, 0.6) is 5.75 Å². The molecule has 2 aromatic rings. The van der Waals surface area contributed by atoms with Crippen LogP contribution in [0, 0.1) is 20.8 Å². The average molecular weight is 368 g/mol. The first-order valence-electron chi connectivity index (χ1n) is 9.14. The third kappa shape index (κ3) is 5.33. The van der Waals surface area contributed by atoms with Crippen molar-refractivity contribution in [2.45, 2.75) is 53.7 Å². The number of hydrogen-bond acceptors (Lipinski definition) is 3. The number of benzene rings is 2. The molecule has 0 saturated carbocycles. The first-order chi connectivity index (χ1) is 12.7. The summed E-state index contributed by atoms with van der Waals surface area (Å²) in [5.41, 5.74) is 4.10. The Morgan fingerprint density at radius 2 is 1.67 bits per heavy atom. The lowest BCUT2D eigenvalue weighted by atomic mass is 10.1. The Morgan fingerprint density at radius 1 is 1.00 bits per heavy atom. The Kier molecular flexibility index (Phi) is 6.61. The summed E-state index contributed by atoms with van der Waals surface area (Å²) in [5.74, 6) is 0.166. The second-order valence-electron chi connectivity index (χ2n) is 7.13. The highest BCUT2D eigenvalue weighted by atomic mass is 16.5. The summed E-state index contributed by atoms with van der Waals surface area (Å²) in [4.78, 5) is 25.0. The summed E-state index contributed by atoms with van der Waals surface area (Å²) in [6.07, 6.45) is -0.703. The van der Waals surface area contributed by atoms with Crippen molar-refractivity contribution >= 4 is 17.5 Å². The number of rotatable bonds is 6. The molecule has 0 aromatic heterocycles. The number of aryl methyl sites for hydroxylation is 2. The maximum Gasteiger partial charge on any atom is 0.265 e. The van der Waals surface area contributed by atoms with Gasteiger partial charge in [-0.1, -0.05) is 18.2 Å². The molecule has 0 aliphatic carbocycles. The molecule has 0 bridgehead atoms. The van der Waals surface area contributed by atoms with Crippen LogP contribution >= 0.6 is 0 Å². The van der Waals surface area contributed by atoms with Gasteiger partial charge in [-0.3, -0.25) is 9.59 Å². The van der Waals surface area contributed by atoms with Gasteiger partial charge in [0.1, 0.15) is 5.75 Å². The largest absolute Gasteiger partial charge is 0.481 e. The van der Waals surface area contributed by atoms with E-state index in [4.69, 9.17) is 4.74 Å². The summed E-state index contributed by atoms with van der Waals surface area (Å²) < 4.78 is 5.89. The minimum absolute atomic E-state index is 0.0102. The van der Waals surface area contributed by atoms with E-state index in [-0.39, 0.29) is 17.9 Å². The normalized spacial score (nSPS) is 11.8. The van der Waals surface area contributed by atoms with E-state index >= 15 is 0 Å². The Labute approximate surface area is 161 Å². The van der Waals surface area contributed by atoms with E-state index in [1.165, 1.54) is 0 Å². The third-order valence-electron chi connectivity index (χ3n) is 4.29. The number of para-hydroxylation sites is 1. The summed E-state index contributed by atoms with van der Waals surface area (Å²) in [6, 6.07) is 11.0. The summed E-state index contributed by atoms with van der Waals surface area (Å²) in [7, 11) is 0. The van der Waals surface area contributed by atoms with Crippen molar-refractivity contribution < 1.29 is 14.3 Å². The van der Waals surface area contributed by atoms with Crippen LogP contribution in [0.25, 0.3) is 0 Å². The lowest BCUT2D eigenvalue weighted by Gasteiger charge is -2.19. The van der Waals surface area contributed by atoms with Gasteiger partial charge in [0.05, 0.1) is 11.3 Å². The highest BCUT2D eigenvalue weighted by molar-refractivity contribution is 6.04. The monoisotopic (exact) mass is 368 g/mol. The van der Waals surface area contributed by atoms with Crippen molar-refractivity contribution in [1.82, 2.24) is 5.32 Å². The van der Waals surface area contributed by atoms with Crippen molar-refractivity contribution in [1.29, 1.82) is 0 Å². The molecule has 0 spiro atoms. The molecule has 0 radical (unpaired) electrons. The summed E-state index contributed by atoms with van der Waals surface area (Å²) in [5, 5.41) is 5.65. The van der Waals surface area contributed by atoms with Crippen molar-refractivity contribution in [3.8, 4) is 5.75 Å².